The molecular formula is C9H13NO4S2. The highest BCUT2D eigenvalue weighted by Crippen LogP contribution is 2.21. The lowest BCUT2D eigenvalue weighted by atomic mass is 10.4. The van der Waals surface area contributed by atoms with Crippen molar-refractivity contribution >= 4 is 27.3 Å². The molecule has 0 saturated heterocycles. The summed E-state index contributed by atoms with van der Waals surface area (Å²) in [6.07, 6.45) is 0.789. The van der Waals surface area contributed by atoms with Crippen LogP contribution >= 0.6 is 11.3 Å². The Bertz CT molecular complexity index is 464. The molecule has 0 atom stereocenters. The maximum absolute atomic E-state index is 11.7. The lowest BCUT2D eigenvalue weighted by molar-refractivity contribution is -0.139. The van der Waals surface area contributed by atoms with Crippen molar-refractivity contribution in [2.24, 2.45) is 0 Å². The molecular weight excluding hydrogens is 250 g/mol. The smallest absolute Gasteiger partial charge is 0.320 e. The van der Waals surface area contributed by atoms with E-state index in [2.05, 4.69) is 9.46 Å². The van der Waals surface area contributed by atoms with Gasteiger partial charge in [0, 0.05) is 4.88 Å². The second kappa shape index (κ2) is 5.42. The summed E-state index contributed by atoms with van der Waals surface area (Å²) in [5.74, 6) is -0.615. The SMILES string of the molecule is CCc1ccc(S(=O)(=O)NCC(=O)OC)s1. The van der Waals surface area contributed by atoms with Crippen LogP contribution in [0.5, 0.6) is 0 Å². The van der Waals surface area contributed by atoms with Gasteiger partial charge in [-0.1, -0.05) is 6.92 Å². The lowest BCUT2D eigenvalue weighted by Gasteiger charge is -2.02. The Hall–Kier alpha value is -0.920. The molecule has 1 heterocycles. The molecule has 0 aliphatic heterocycles. The van der Waals surface area contributed by atoms with E-state index in [1.165, 1.54) is 24.5 Å². The summed E-state index contributed by atoms with van der Waals surface area (Å²) in [5.41, 5.74) is 0. The number of rotatable bonds is 5. The van der Waals surface area contributed by atoms with Gasteiger partial charge in [-0.2, -0.15) is 4.72 Å². The fourth-order valence-electron chi connectivity index (χ4n) is 0.990. The highest BCUT2D eigenvalue weighted by molar-refractivity contribution is 7.91. The van der Waals surface area contributed by atoms with Crippen molar-refractivity contribution in [1.82, 2.24) is 4.72 Å². The monoisotopic (exact) mass is 263 g/mol. The van der Waals surface area contributed by atoms with E-state index in [0.29, 0.717) is 0 Å². The lowest BCUT2D eigenvalue weighted by Crippen LogP contribution is -2.29. The second-order valence-corrected chi connectivity index (χ2v) is 6.14. The Kier molecular flexibility index (Phi) is 4.45. The van der Waals surface area contributed by atoms with E-state index in [1.54, 1.807) is 6.07 Å². The molecule has 0 spiro atoms. The molecule has 0 radical (unpaired) electrons. The molecule has 0 saturated carbocycles. The predicted octanol–water partition coefficient (Wildman–Crippen LogP) is 0.762. The van der Waals surface area contributed by atoms with Crippen molar-refractivity contribution in [2.45, 2.75) is 17.6 Å². The third-order valence-corrected chi connectivity index (χ3v) is 5.01. The number of carbonyl (C=O) groups excluding carboxylic acids is 1. The van der Waals surface area contributed by atoms with Crippen LogP contribution in [0, 0.1) is 0 Å². The first-order chi connectivity index (χ1) is 7.49. The summed E-state index contributed by atoms with van der Waals surface area (Å²) in [6.45, 7) is 1.60. The first-order valence-electron chi connectivity index (χ1n) is 4.64. The molecule has 0 aromatic carbocycles. The minimum atomic E-state index is -3.59. The van der Waals surface area contributed by atoms with E-state index in [0.717, 1.165) is 11.3 Å². The van der Waals surface area contributed by atoms with Crippen molar-refractivity contribution in [1.29, 1.82) is 0 Å². The summed E-state index contributed by atoms with van der Waals surface area (Å²) < 4.78 is 30.1. The van der Waals surface area contributed by atoms with Gasteiger partial charge in [0.1, 0.15) is 10.8 Å². The van der Waals surface area contributed by atoms with E-state index >= 15 is 0 Å². The number of sulfonamides is 1. The molecule has 0 aliphatic carbocycles. The minimum absolute atomic E-state index is 0.216. The third-order valence-electron chi connectivity index (χ3n) is 1.88. The summed E-state index contributed by atoms with van der Waals surface area (Å²) in [4.78, 5) is 11.8. The van der Waals surface area contributed by atoms with Crippen LogP contribution in [0.3, 0.4) is 0 Å². The van der Waals surface area contributed by atoms with Crippen molar-refractivity contribution in [3.63, 3.8) is 0 Å². The first-order valence-corrected chi connectivity index (χ1v) is 6.94. The number of aryl methyl sites for hydroxylation is 1. The average molecular weight is 263 g/mol. The Balaban J connectivity index is 2.74. The molecule has 1 aromatic rings. The van der Waals surface area contributed by atoms with Crippen molar-refractivity contribution in [3.8, 4) is 0 Å². The van der Waals surface area contributed by atoms with E-state index in [9.17, 15) is 13.2 Å². The van der Waals surface area contributed by atoms with E-state index in [1.807, 2.05) is 6.92 Å². The highest BCUT2D eigenvalue weighted by atomic mass is 32.2. The number of methoxy groups -OCH3 is 1. The number of hydrogen-bond acceptors (Lipinski definition) is 5. The summed E-state index contributed by atoms with van der Waals surface area (Å²) >= 11 is 1.20. The van der Waals surface area contributed by atoms with Crippen LogP contribution in [-0.2, 0) is 26.0 Å². The molecule has 0 fully saturated rings. The summed E-state index contributed by atoms with van der Waals surface area (Å²) in [6, 6.07) is 3.29. The molecule has 5 nitrogen and oxygen atoms in total. The minimum Gasteiger partial charge on any atom is -0.468 e. The predicted molar refractivity (Wildman–Crippen MR) is 60.9 cm³/mol. The highest BCUT2D eigenvalue weighted by Gasteiger charge is 2.17. The van der Waals surface area contributed by atoms with Gasteiger partial charge in [0.25, 0.3) is 10.0 Å². The van der Waals surface area contributed by atoms with E-state index in [4.69, 9.17) is 0 Å². The normalized spacial score (nSPS) is 11.4. The molecule has 0 aliphatic rings. The molecule has 16 heavy (non-hydrogen) atoms. The molecule has 1 aromatic heterocycles. The molecule has 7 heteroatoms. The molecule has 1 N–H and O–H groups in total. The van der Waals surface area contributed by atoms with E-state index < -0.39 is 16.0 Å². The number of nitrogens with one attached hydrogen (secondary N) is 1. The summed E-state index contributed by atoms with van der Waals surface area (Å²) in [5, 5.41) is 0. The van der Waals surface area contributed by atoms with Crippen LogP contribution in [0.15, 0.2) is 16.3 Å². The van der Waals surface area contributed by atoms with Gasteiger partial charge >= 0.3 is 5.97 Å². The number of esters is 1. The zero-order valence-electron chi connectivity index (χ0n) is 9.02. The molecule has 0 bridgehead atoms. The van der Waals surface area contributed by atoms with Gasteiger partial charge in [-0.05, 0) is 18.6 Å². The van der Waals surface area contributed by atoms with Crippen LogP contribution in [-0.4, -0.2) is 28.0 Å². The van der Waals surface area contributed by atoms with Gasteiger partial charge in [0.05, 0.1) is 7.11 Å². The van der Waals surface area contributed by atoms with Crippen molar-refractivity contribution < 1.29 is 17.9 Å². The fourth-order valence-corrected chi connectivity index (χ4v) is 3.30. The largest absolute Gasteiger partial charge is 0.468 e. The fraction of sp³-hybridized carbons (Fsp3) is 0.444. The van der Waals surface area contributed by atoms with Crippen LogP contribution in [0.1, 0.15) is 11.8 Å². The van der Waals surface area contributed by atoms with Crippen LogP contribution in [0.2, 0.25) is 0 Å². The Labute approximate surface area is 98.5 Å². The van der Waals surface area contributed by atoms with Gasteiger partial charge in [-0.3, -0.25) is 4.79 Å². The Morgan fingerprint density at radius 1 is 1.50 bits per heavy atom. The zero-order chi connectivity index (χ0) is 12.2. The summed E-state index contributed by atoms with van der Waals surface area (Å²) in [7, 11) is -2.38. The number of ether oxygens (including phenoxy) is 1. The molecule has 0 amide bonds. The van der Waals surface area contributed by atoms with Crippen molar-refractivity contribution in [3.05, 3.63) is 17.0 Å². The van der Waals surface area contributed by atoms with Gasteiger partial charge in [-0.15, -0.1) is 11.3 Å². The molecule has 90 valence electrons. The molecule has 0 unspecified atom stereocenters. The van der Waals surface area contributed by atoms with Gasteiger partial charge in [0.15, 0.2) is 0 Å². The van der Waals surface area contributed by atoms with Gasteiger partial charge in [-0.25, -0.2) is 8.42 Å². The standard InChI is InChI=1S/C9H13NO4S2/c1-3-7-4-5-9(15-7)16(12,13)10-6-8(11)14-2/h4-5,10H,3,6H2,1-2H3. The third kappa shape index (κ3) is 3.29. The first kappa shape index (κ1) is 13.1. The Morgan fingerprint density at radius 2 is 2.19 bits per heavy atom. The number of carbonyl (C=O) groups is 1. The van der Waals surface area contributed by atoms with Gasteiger partial charge in [0.2, 0.25) is 0 Å². The zero-order valence-corrected chi connectivity index (χ0v) is 10.7. The maximum atomic E-state index is 11.7. The van der Waals surface area contributed by atoms with Gasteiger partial charge < -0.3 is 4.74 Å². The molecule has 1 rings (SSSR count). The topological polar surface area (TPSA) is 72.5 Å². The van der Waals surface area contributed by atoms with Crippen LogP contribution in [0.25, 0.3) is 0 Å². The van der Waals surface area contributed by atoms with Crippen LogP contribution < -0.4 is 4.72 Å². The van der Waals surface area contributed by atoms with E-state index in [-0.39, 0.29) is 10.8 Å². The van der Waals surface area contributed by atoms with Crippen LogP contribution in [0.4, 0.5) is 0 Å². The number of thiophene rings is 1. The van der Waals surface area contributed by atoms with Crippen molar-refractivity contribution in [2.75, 3.05) is 13.7 Å². The Morgan fingerprint density at radius 3 is 2.69 bits per heavy atom. The maximum Gasteiger partial charge on any atom is 0.320 e. The second-order valence-electron chi connectivity index (χ2n) is 2.97. The quantitative estimate of drug-likeness (QED) is 0.796. The average Bonchev–Trinajstić information content (AvgIpc) is 2.75. The number of hydrogen-bond donors (Lipinski definition) is 1.